The normalized spacial score (nSPS) is 31.4. The van der Waals surface area contributed by atoms with Crippen molar-refractivity contribution < 1.29 is 14.3 Å². The van der Waals surface area contributed by atoms with E-state index in [0.717, 1.165) is 12.8 Å². The fourth-order valence-electron chi connectivity index (χ4n) is 2.19. The van der Waals surface area contributed by atoms with Gasteiger partial charge in [-0.3, -0.25) is 9.59 Å². The van der Waals surface area contributed by atoms with E-state index in [-0.39, 0.29) is 17.8 Å². The molecule has 0 saturated heterocycles. The van der Waals surface area contributed by atoms with Gasteiger partial charge in [0.1, 0.15) is 5.78 Å². The van der Waals surface area contributed by atoms with E-state index in [1.54, 1.807) is 0 Å². The summed E-state index contributed by atoms with van der Waals surface area (Å²) in [6.45, 7) is 4.12. The van der Waals surface area contributed by atoms with Crippen molar-refractivity contribution in [1.82, 2.24) is 0 Å². The molecule has 0 radical (unpaired) electrons. The second-order valence-corrected chi connectivity index (χ2v) is 4.56. The molecule has 3 atom stereocenters. The summed E-state index contributed by atoms with van der Waals surface area (Å²) in [6, 6.07) is 0. The lowest BCUT2D eigenvalue weighted by molar-refractivity contribution is -0.141. The first-order valence-electron chi connectivity index (χ1n) is 5.66. The van der Waals surface area contributed by atoms with E-state index in [2.05, 4.69) is 11.7 Å². The van der Waals surface area contributed by atoms with Gasteiger partial charge in [-0.2, -0.15) is 0 Å². The summed E-state index contributed by atoms with van der Waals surface area (Å²) in [6.07, 6.45) is 3.05. The third-order valence-corrected chi connectivity index (χ3v) is 3.60. The SMILES string of the molecule is COC(=O)CC[C@H]1CC[C@@H](C)[C@H](C)C1=O. The average molecular weight is 212 g/mol. The molecule has 0 heterocycles. The molecule has 0 aromatic rings. The number of ketones is 1. The Bertz CT molecular complexity index is 247. The van der Waals surface area contributed by atoms with Crippen molar-refractivity contribution in [3.8, 4) is 0 Å². The number of methoxy groups -OCH3 is 1. The molecule has 1 saturated carbocycles. The van der Waals surface area contributed by atoms with E-state index < -0.39 is 0 Å². The van der Waals surface area contributed by atoms with Crippen molar-refractivity contribution in [2.75, 3.05) is 7.11 Å². The third kappa shape index (κ3) is 3.05. The van der Waals surface area contributed by atoms with Crippen LogP contribution in [0, 0.1) is 17.8 Å². The smallest absolute Gasteiger partial charge is 0.305 e. The lowest BCUT2D eigenvalue weighted by Crippen LogP contribution is -2.32. The van der Waals surface area contributed by atoms with Crippen LogP contribution in [0.1, 0.15) is 39.5 Å². The summed E-state index contributed by atoms with van der Waals surface area (Å²) in [4.78, 5) is 22.9. The van der Waals surface area contributed by atoms with Gasteiger partial charge in [0, 0.05) is 18.3 Å². The molecule has 1 rings (SSSR count). The predicted octanol–water partition coefficient (Wildman–Crippen LogP) is 2.19. The van der Waals surface area contributed by atoms with Gasteiger partial charge in [0.25, 0.3) is 0 Å². The number of hydrogen-bond donors (Lipinski definition) is 0. The molecule has 1 fully saturated rings. The maximum atomic E-state index is 11.9. The molecular formula is C12H20O3. The Morgan fingerprint density at radius 3 is 2.67 bits per heavy atom. The lowest BCUT2D eigenvalue weighted by Gasteiger charge is -2.30. The molecule has 0 aromatic carbocycles. The zero-order chi connectivity index (χ0) is 11.4. The van der Waals surface area contributed by atoms with Gasteiger partial charge in [-0.15, -0.1) is 0 Å². The molecule has 1 aliphatic rings. The minimum Gasteiger partial charge on any atom is -0.469 e. The van der Waals surface area contributed by atoms with Gasteiger partial charge in [-0.1, -0.05) is 13.8 Å². The van der Waals surface area contributed by atoms with Gasteiger partial charge >= 0.3 is 5.97 Å². The monoisotopic (exact) mass is 212 g/mol. The van der Waals surface area contributed by atoms with Crippen LogP contribution in [-0.2, 0) is 14.3 Å². The highest BCUT2D eigenvalue weighted by molar-refractivity contribution is 5.84. The number of Topliss-reactive ketones (excluding diaryl/α,β-unsaturated/α-hetero) is 1. The van der Waals surface area contributed by atoms with Crippen molar-refractivity contribution in [2.24, 2.45) is 17.8 Å². The van der Waals surface area contributed by atoms with Crippen LogP contribution in [0.5, 0.6) is 0 Å². The van der Waals surface area contributed by atoms with E-state index >= 15 is 0 Å². The van der Waals surface area contributed by atoms with Crippen LogP contribution in [0.2, 0.25) is 0 Å². The number of ether oxygens (including phenoxy) is 1. The molecule has 0 aromatic heterocycles. The van der Waals surface area contributed by atoms with E-state index in [1.165, 1.54) is 7.11 Å². The van der Waals surface area contributed by atoms with Crippen LogP contribution in [0.4, 0.5) is 0 Å². The summed E-state index contributed by atoms with van der Waals surface area (Å²) in [7, 11) is 1.38. The average Bonchev–Trinajstić information content (AvgIpc) is 2.24. The van der Waals surface area contributed by atoms with E-state index in [0.29, 0.717) is 24.5 Å². The predicted molar refractivity (Wildman–Crippen MR) is 57.3 cm³/mol. The summed E-state index contributed by atoms with van der Waals surface area (Å²) >= 11 is 0. The molecule has 3 nitrogen and oxygen atoms in total. The largest absolute Gasteiger partial charge is 0.469 e. The second kappa shape index (κ2) is 5.29. The molecule has 1 aliphatic carbocycles. The summed E-state index contributed by atoms with van der Waals surface area (Å²) < 4.78 is 4.57. The minimum atomic E-state index is -0.214. The fraction of sp³-hybridized carbons (Fsp3) is 0.833. The number of rotatable bonds is 3. The van der Waals surface area contributed by atoms with Crippen LogP contribution < -0.4 is 0 Å². The molecule has 0 bridgehead atoms. The Kier molecular flexibility index (Phi) is 4.30. The standard InChI is InChI=1S/C12H20O3/c1-8-4-5-10(12(14)9(8)2)6-7-11(13)15-3/h8-10H,4-7H2,1-3H3/t8-,9+,10-/m1/s1. The fourth-order valence-corrected chi connectivity index (χ4v) is 2.19. The van der Waals surface area contributed by atoms with Crippen LogP contribution in [0.15, 0.2) is 0 Å². The van der Waals surface area contributed by atoms with Crippen molar-refractivity contribution in [2.45, 2.75) is 39.5 Å². The van der Waals surface area contributed by atoms with E-state index in [9.17, 15) is 9.59 Å². The molecule has 0 N–H and O–H groups in total. The molecule has 0 aliphatic heterocycles. The van der Waals surface area contributed by atoms with Crippen LogP contribution in [-0.4, -0.2) is 18.9 Å². The second-order valence-electron chi connectivity index (χ2n) is 4.56. The molecule has 3 heteroatoms. The summed E-state index contributed by atoms with van der Waals surface area (Å²) in [5.74, 6) is 0.843. The van der Waals surface area contributed by atoms with E-state index in [4.69, 9.17) is 0 Å². The van der Waals surface area contributed by atoms with Gasteiger partial charge in [0.15, 0.2) is 0 Å². The summed E-state index contributed by atoms with van der Waals surface area (Å²) in [5.41, 5.74) is 0. The molecular weight excluding hydrogens is 192 g/mol. The number of carbonyl (C=O) groups excluding carboxylic acids is 2. The number of carbonyl (C=O) groups is 2. The lowest BCUT2D eigenvalue weighted by atomic mass is 9.73. The highest BCUT2D eigenvalue weighted by Gasteiger charge is 2.32. The van der Waals surface area contributed by atoms with Crippen molar-refractivity contribution in [1.29, 1.82) is 0 Å². The van der Waals surface area contributed by atoms with E-state index in [1.807, 2.05) is 6.92 Å². The topological polar surface area (TPSA) is 43.4 Å². The molecule has 86 valence electrons. The van der Waals surface area contributed by atoms with Crippen LogP contribution >= 0.6 is 0 Å². The number of hydrogen-bond acceptors (Lipinski definition) is 3. The third-order valence-electron chi connectivity index (χ3n) is 3.60. The molecule has 0 amide bonds. The Morgan fingerprint density at radius 1 is 1.40 bits per heavy atom. The molecule has 0 unspecified atom stereocenters. The zero-order valence-corrected chi connectivity index (χ0v) is 9.79. The first kappa shape index (κ1) is 12.2. The van der Waals surface area contributed by atoms with Gasteiger partial charge < -0.3 is 4.74 Å². The first-order chi connectivity index (χ1) is 7.06. The van der Waals surface area contributed by atoms with Crippen molar-refractivity contribution >= 4 is 11.8 Å². The summed E-state index contributed by atoms with van der Waals surface area (Å²) in [5, 5.41) is 0. The van der Waals surface area contributed by atoms with Gasteiger partial charge in [0.05, 0.1) is 7.11 Å². The Labute approximate surface area is 91.2 Å². The zero-order valence-electron chi connectivity index (χ0n) is 9.79. The maximum Gasteiger partial charge on any atom is 0.305 e. The van der Waals surface area contributed by atoms with Gasteiger partial charge in [-0.05, 0) is 25.2 Å². The first-order valence-corrected chi connectivity index (χ1v) is 5.66. The maximum absolute atomic E-state index is 11.9. The van der Waals surface area contributed by atoms with Crippen LogP contribution in [0.3, 0.4) is 0 Å². The Balaban J connectivity index is 2.43. The quantitative estimate of drug-likeness (QED) is 0.673. The number of esters is 1. The molecule has 0 spiro atoms. The highest BCUT2D eigenvalue weighted by Crippen LogP contribution is 2.32. The van der Waals surface area contributed by atoms with Gasteiger partial charge in [-0.25, -0.2) is 0 Å². The van der Waals surface area contributed by atoms with Crippen molar-refractivity contribution in [3.63, 3.8) is 0 Å². The van der Waals surface area contributed by atoms with Gasteiger partial charge in [0.2, 0.25) is 0 Å². The van der Waals surface area contributed by atoms with Crippen LogP contribution in [0.25, 0.3) is 0 Å². The Hall–Kier alpha value is -0.860. The minimum absolute atomic E-state index is 0.0790. The molecule has 15 heavy (non-hydrogen) atoms. The Morgan fingerprint density at radius 2 is 2.07 bits per heavy atom. The van der Waals surface area contributed by atoms with Crippen molar-refractivity contribution in [3.05, 3.63) is 0 Å². The highest BCUT2D eigenvalue weighted by atomic mass is 16.5.